The highest BCUT2D eigenvalue weighted by Gasteiger charge is 2.18. The van der Waals surface area contributed by atoms with Crippen molar-refractivity contribution in [1.29, 1.82) is 0 Å². The molecule has 1 aromatic carbocycles. The monoisotopic (exact) mass is 264 g/mol. The van der Waals surface area contributed by atoms with Crippen LogP contribution in [-0.4, -0.2) is 19.6 Å². The van der Waals surface area contributed by atoms with Gasteiger partial charge in [-0.2, -0.15) is 0 Å². The van der Waals surface area contributed by atoms with E-state index in [1.54, 1.807) is 23.4 Å². The second-order valence-electron chi connectivity index (χ2n) is 2.93. The van der Waals surface area contributed by atoms with Gasteiger partial charge in [-0.25, -0.2) is 8.79 Å². The highest BCUT2D eigenvalue weighted by Crippen LogP contribution is 2.41. The summed E-state index contributed by atoms with van der Waals surface area (Å²) in [6, 6.07) is 3.42. The first-order valence-electron chi connectivity index (χ1n) is 4.24. The molecule has 6 heteroatoms. The molecule has 0 spiro atoms. The van der Waals surface area contributed by atoms with Crippen molar-refractivity contribution in [2.75, 3.05) is 18.1 Å². The number of fused-ring (bicyclic) bond motifs is 1. The molecule has 1 aromatic rings. The summed E-state index contributed by atoms with van der Waals surface area (Å²) in [5.74, 6) is 0. The summed E-state index contributed by atoms with van der Waals surface area (Å²) in [6.07, 6.45) is 1.58. The predicted octanol–water partition coefficient (Wildman–Crippen LogP) is 3.82. The Morgan fingerprint density at radius 2 is 2.20 bits per heavy atom. The lowest BCUT2D eigenvalue weighted by molar-refractivity contribution is 0.503. The molecule has 15 heavy (non-hydrogen) atoms. The van der Waals surface area contributed by atoms with Crippen LogP contribution in [0.15, 0.2) is 21.4 Å². The molecule has 1 aliphatic rings. The third kappa shape index (κ3) is 2.22. The molecule has 1 aliphatic heterocycles. The van der Waals surface area contributed by atoms with Gasteiger partial charge in [-0.05, 0) is 12.1 Å². The van der Waals surface area contributed by atoms with Gasteiger partial charge < -0.3 is 4.90 Å². The Bertz CT molecular complexity index is 411. The van der Waals surface area contributed by atoms with Crippen LogP contribution in [-0.2, 0) is 0 Å². The normalized spacial score (nSPS) is 14.2. The van der Waals surface area contributed by atoms with Gasteiger partial charge in [-0.1, -0.05) is 23.2 Å². The highest BCUT2D eigenvalue weighted by molar-refractivity contribution is 7.98. The van der Waals surface area contributed by atoms with Gasteiger partial charge >= 0.3 is 0 Å². The van der Waals surface area contributed by atoms with Crippen molar-refractivity contribution >= 4 is 47.2 Å². The number of nitrogens with zero attached hydrogens (tertiary/aromatic N) is 2. The van der Waals surface area contributed by atoms with Gasteiger partial charge in [0.05, 0.1) is 22.2 Å². The predicted molar refractivity (Wildman–Crippen MR) is 64.1 cm³/mol. The fourth-order valence-corrected chi connectivity index (χ4v) is 2.58. The minimum Gasteiger partial charge on any atom is -0.328 e. The minimum atomic E-state index is -0.444. The molecule has 0 fully saturated rings. The van der Waals surface area contributed by atoms with Crippen LogP contribution in [0.4, 0.5) is 10.1 Å². The molecule has 0 saturated carbocycles. The summed E-state index contributed by atoms with van der Waals surface area (Å²) in [5, 5.41) is 1.08. The SMILES string of the molecule is FCCN1C=NSc2c(Cl)cc(Cl)cc21. The molecule has 0 N–H and O–H groups in total. The molecule has 2 nitrogen and oxygen atoms in total. The van der Waals surface area contributed by atoms with E-state index in [4.69, 9.17) is 23.2 Å². The van der Waals surface area contributed by atoms with Crippen molar-refractivity contribution in [3.63, 3.8) is 0 Å². The Hall–Kier alpha value is -0.450. The molecule has 0 aromatic heterocycles. The summed E-state index contributed by atoms with van der Waals surface area (Å²) in [4.78, 5) is 2.51. The number of benzene rings is 1. The number of halogens is 3. The standard InChI is InChI=1S/C9H7Cl2FN2S/c10-6-3-7(11)9-8(4-6)14(2-1-12)5-13-15-9/h3-5H,1-2H2. The van der Waals surface area contributed by atoms with Crippen LogP contribution in [0.5, 0.6) is 0 Å². The van der Waals surface area contributed by atoms with E-state index in [1.165, 1.54) is 11.9 Å². The average molecular weight is 265 g/mol. The van der Waals surface area contributed by atoms with E-state index < -0.39 is 6.67 Å². The number of alkyl halides is 1. The van der Waals surface area contributed by atoms with Crippen molar-refractivity contribution in [1.82, 2.24) is 0 Å². The summed E-state index contributed by atoms with van der Waals surface area (Å²) in [6.45, 7) is -0.187. The van der Waals surface area contributed by atoms with E-state index in [2.05, 4.69) is 4.40 Å². The lowest BCUT2D eigenvalue weighted by Gasteiger charge is -2.24. The second kappa shape index (κ2) is 4.60. The van der Waals surface area contributed by atoms with Gasteiger partial charge in [0.1, 0.15) is 13.0 Å². The van der Waals surface area contributed by atoms with Gasteiger partial charge in [0.25, 0.3) is 0 Å². The summed E-state index contributed by atoms with van der Waals surface area (Å²) in [7, 11) is 0. The molecule has 0 atom stereocenters. The smallest absolute Gasteiger partial charge is 0.107 e. The summed E-state index contributed by atoms with van der Waals surface area (Å²) in [5.41, 5.74) is 0.810. The fraction of sp³-hybridized carbons (Fsp3) is 0.222. The number of anilines is 1. The van der Waals surface area contributed by atoms with Gasteiger partial charge in [0.15, 0.2) is 0 Å². The van der Waals surface area contributed by atoms with Crippen LogP contribution in [0.25, 0.3) is 0 Å². The highest BCUT2D eigenvalue weighted by atomic mass is 35.5. The van der Waals surface area contributed by atoms with E-state index in [-0.39, 0.29) is 6.54 Å². The van der Waals surface area contributed by atoms with Crippen LogP contribution < -0.4 is 4.90 Å². The quantitative estimate of drug-likeness (QED) is 0.755. The van der Waals surface area contributed by atoms with Crippen molar-refractivity contribution in [3.05, 3.63) is 22.2 Å². The molecule has 80 valence electrons. The third-order valence-electron chi connectivity index (χ3n) is 1.95. The lowest BCUT2D eigenvalue weighted by Crippen LogP contribution is -2.25. The Kier molecular flexibility index (Phi) is 3.38. The lowest BCUT2D eigenvalue weighted by atomic mass is 10.3. The van der Waals surface area contributed by atoms with Gasteiger partial charge in [0, 0.05) is 17.0 Å². The number of hydrogen-bond acceptors (Lipinski definition) is 3. The first kappa shape index (κ1) is 11.0. The first-order chi connectivity index (χ1) is 7.22. The van der Waals surface area contributed by atoms with Crippen molar-refractivity contribution in [2.45, 2.75) is 4.90 Å². The molecular formula is C9H7Cl2FN2S. The second-order valence-corrected chi connectivity index (χ2v) is 4.58. The Labute approximate surface area is 101 Å². The van der Waals surface area contributed by atoms with Crippen molar-refractivity contribution < 1.29 is 4.39 Å². The van der Waals surface area contributed by atoms with E-state index in [1.807, 2.05) is 0 Å². The van der Waals surface area contributed by atoms with Crippen molar-refractivity contribution in [3.8, 4) is 0 Å². The van der Waals surface area contributed by atoms with Crippen LogP contribution in [0.1, 0.15) is 0 Å². The summed E-state index contributed by atoms with van der Waals surface area (Å²) < 4.78 is 16.3. The van der Waals surface area contributed by atoms with Gasteiger partial charge in [0.2, 0.25) is 0 Å². The average Bonchev–Trinajstić information content (AvgIpc) is 2.19. The van der Waals surface area contributed by atoms with Crippen molar-refractivity contribution in [2.24, 2.45) is 4.40 Å². The molecule has 0 bridgehead atoms. The fourth-order valence-electron chi connectivity index (χ4n) is 1.32. The zero-order chi connectivity index (χ0) is 10.8. The van der Waals surface area contributed by atoms with Gasteiger partial charge in [-0.15, -0.1) is 0 Å². The third-order valence-corrected chi connectivity index (χ3v) is 3.39. The van der Waals surface area contributed by atoms with E-state index in [9.17, 15) is 4.39 Å². The molecule has 0 unspecified atom stereocenters. The van der Waals surface area contributed by atoms with Gasteiger partial charge in [-0.3, -0.25) is 0 Å². The zero-order valence-corrected chi connectivity index (χ0v) is 9.91. The number of rotatable bonds is 2. The molecule has 0 radical (unpaired) electrons. The van der Waals surface area contributed by atoms with E-state index in [0.29, 0.717) is 10.0 Å². The van der Waals surface area contributed by atoms with Crippen LogP contribution >= 0.6 is 35.1 Å². The van der Waals surface area contributed by atoms with Crippen LogP contribution in [0.3, 0.4) is 0 Å². The maximum Gasteiger partial charge on any atom is 0.107 e. The summed E-state index contributed by atoms with van der Waals surface area (Å²) >= 11 is 13.2. The Morgan fingerprint density at radius 1 is 1.40 bits per heavy atom. The van der Waals surface area contributed by atoms with Crippen LogP contribution in [0.2, 0.25) is 10.0 Å². The topological polar surface area (TPSA) is 15.6 Å². The molecule has 0 saturated heterocycles. The Morgan fingerprint density at radius 3 is 2.93 bits per heavy atom. The minimum absolute atomic E-state index is 0.258. The Balaban J connectivity index is 2.45. The number of hydrogen-bond donors (Lipinski definition) is 0. The molecule has 1 heterocycles. The van der Waals surface area contributed by atoms with Crippen LogP contribution in [0, 0.1) is 0 Å². The molecule has 0 aliphatic carbocycles. The maximum atomic E-state index is 12.3. The molecule has 0 amide bonds. The molecular weight excluding hydrogens is 258 g/mol. The zero-order valence-electron chi connectivity index (χ0n) is 7.58. The first-order valence-corrected chi connectivity index (χ1v) is 5.77. The largest absolute Gasteiger partial charge is 0.328 e. The maximum absolute atomic E-state index is 12.3. The molecule has 2 rings (SSSR count). The van der Waals surface area contributed by atoms with E-state index >= 15 is 0 Å². The van der Waals surface area contributed by atoms with E-state index in [0.717, 1.165) is 10.6 Å².